The van der Waals surface area contributed by atoms with Crippen molar-refractivity contribution >= 4 is 34.4 Å². The normalized spacial score (nSPS) is 13.7. The molecule has 1 saturated carbocycles. The number of hydrogen-bond donors (Lipinski definition) is 3. The first-order valence-corrected chi connectivity index (χ1v) is 12.8. The van der Waals surface area contributed by atoms with Crippen LogP contribution in [-0.2, 0) is 11.3 Å². The monoisotopic (exact) mass is 529 g/mol. The van der Waals surface area contributed by atoms with Gasteiger partial charge in [-0.05, 0) is 51.3 Å². The molecule has 0 unspecified atom stereocenters. The summed E-state index contributed by atoms with van der Waals surface area (Å²) in [5.74, 6) is 1.71. The number of nitrogens with zero attached hydrogens (tertiary/aromatic N) is 6. The predicted octanol–water partition coefficient (Wildman–Crippen LogP) is 4.89. The van der Waals surface area contributed by atoms with E-state index in [1.165, 1.54) is 11.0 Å². The number of nitrogens with one attached hydrogen (secondary N) is 3. The van der Waals surface area contributed by atoms with Crippen molar-refractivity contribution in [1.82, 2.24) is 34.4 Å². The van der Waals surface area contributed by atoms with Gasteiger partial charge in [0.1, 0.15) is 16.9 Å². The third kappa shape index (κ3) is 6.17. The second kappa shape index (κ2) is 12.1. The zero-order chi connectivity index (χ0) is 28.0. The van der Waals surface area contributed by atoms with Crippen LogP contribution >= 0.6 is 0 Å². The molecule has 3 N–H and O–H groups in total. The molecule has 1 fully saturated rings. The number of halogens is 2. The molecule has 4 aromatic rings. The van der Waals surface area contributed by atoms with Gasteiger partial charge in [0.05, 0.1) is 12.2 Å². The first-order chi connectivity index (χ1) is 18.1. The predicted molar refractivity (Wildman–Crippen MR) is 147 cm³/mol. The summed E-state index contributed by atoms with van der Waals surface area (Å²) in [5.41, 5.74) is 3.35. The topological polar surface area (TPSA) is 114 Å². The van der Waals surface area contributed by atoms with Gasteiger partial charge in [-0.1, -0.05) is 13.8 Å². The molecule has 4 heterocycles. The van der Waals surface area contributed by atoms with E-state index in [1.807, 2.05) is 32.2 Å². The molecule has 0 spiro atoms. The van der Waals surface area contributed by atoms with E-state index >= 15 is 0 Å². The number of carbonyl (C=O) groups excluding carboxylic acids is 1. The minimum absolute atomic E-state index is 0.0946. The van der Waals surface area contributed by atoms with Crippen molar-refractivity contribution < 1.29 is 13.6 Å². The van der Waals surface area contributed by atoms with Crippen LogP contribution in [0.3, 0.4) is 0 Å². The maximum atomic E-state index is 12.9. The van der Waals surface area contributed by atoms with Crippen LogP contribution in [0.5, 0.6) is 0 Å². The van der Waals surface area contributed by atoms with Crippen LogP contribution in [0.4, 0.5) is 20.5 Å². The van der Waals surface area contributed by atoms with Crippen LogP contribution in [-0.4, -0.2) is 61.1 Å². The van der Waals surface area contributed by atoms with Crippen LogP contribution in [0.15, 0.2) is 24.4 Å². The standard InChI is InChI=1S/C17H18F2N8.C7H13NO.C2H6/c1-9-22-12-5-4-11(23-16(12)26(9)8-13(18)19)10-6-7-27-14(10)15(20-2)24-17(21-3)25-27;1-6(9)8-7(2)4-3-5-7;1-2/h4-7,13H,8H2,1-3H3,(H2,20,21,24,25);3-5H2,1-2H3,(H,8,9);1-2H3. The zero-order valence-corrected chi connectivity index (χ0v) is 23.1. The molecule has 1 amide bonds. The van der Waals surface area contributed by atoms with Gasteiger partial charge in [-0.3, -0.25) is 4.79 Å². The Morgan fingerprint density at radius 1 is 1.11 bits per heavy atom. The van der Waals surface area contributed by atoms with Gasteiger partial charge in [-0.2, -0.15) is 4.98 Å². The number of anilines is 2. The number of aryl methyl sites for hydroxylation is 1. The van der Waals surface area contributed by atoms with Gasteiger partial charge < -0.3 is 20.5 Å². The smallest absolute Gasteiger partial charge is 0.256 e. The number of fused-ring (bicyclic) bond motifs is 2. The molecule has 0 aromatic carbocycles. The SMILES string of the molecule is CC.CC(=O)NC1(C)CCC1.CNc1nc(NC)c2c(-c3ccc4nc(C)n(CC(F)F)c4n3)ccn2n1. The quantitative estimate of drug-likeness (QED) is 0.326. The van der Waals surface area contributed by atoms with Crippen molar-refractivity contribution in [2.24, 2.45) is 0 Å². The average Bonchev–Trinajstić information content (AvgIpc) is 3.44. The average molecular weight is 530 g/mol. The zero-order valence-electron chi connectivity index (χ0n) is 23.1. The second-order valence-corrected chi connectivity index (χ2v) is 9.10. The minimum Gasteiger partial charge on any atom is -0.371 e. The summed E-state index contributed by atoms with van der Waals surface area (Å²) >= 11 is 0. The lowest BCUT2D eigenvalue weighted by Gasteiger charge is -2.38. The maximum absolute atomic E-state index is 12.9. The van der Waals surface area contributed by atoms with E-state index in [0.29, 0.717) is 34.4 Å². The van der Waals surface area contributed by atoms with Gasteiger partial charge >= 0.3 is 0 Å². The maximum Gasteiger partial charge on any atom is 0.256 e. The highest BCUT2D eigenvalue weighted by Gasteiger charge is 2.31. The molecule has 10 nitrogen and oxygen atoms in total. The molecule has 1 aliphatic carbocycles. The van der Waals surface area contributed by atoms with Crippen molar-refractivity contribution in [2.45, 2.75) is 72.4 Å². The Morgan fingerprint density at radius 3 is 2.34 bits per heavy atom. The van der Waals surface area contributed by atoms with Crippen molar-refractivity contribution in [3.05, 3.63) is 30.2 Å². The highest BCUT2D eigenvalue weighted by molar-refractivity contribution is 5.89. The molecule has 0 saturated heterocycles. The molecule has 0 radical (unpaired) electrons. The molecule has 5 rings (SSSR count). The van der Waals surface area contributed by atoms with Crippen LogP contribution in [0.1, 0.15) is 52.8 Å². The number of pyridine rings is 1. The largest absolute Gasteiger partial charge is 0.371 e. The van der Waals surface area contributed by atoms with E-state index < -0.39 is 13.0 Å². The van der Waals surface area contributed by atoms with E-state index in [0.717, 1.165) is 23.9 Å². The highest BCUT2D eigenvalue weighted by Crippen LogP contribution is 2.31. The van der Waals surface area contributed by atoms with Crippen LogP contribution in [0.2, 0.25) is 0 Å². The Kier molecular flexibility index (Phi) is 9.18. The number of aromatic nitrogens is 6. The fourth-order valence-corrected chi connectivity index (χ4v) is 4.39. The summed E-state index contributed by atoms with van der Waals surface area (Å²) in [6.45, 7) is 8.93. The molecular weight excluding hydrogens is 492 g/mol. The summed E-state index contributed by atoms with van der Waals surface area (Å²) in [7, 11) is 3.52. The third-order valence-electron chi connectivity index (χ3n) is 6.29. The Morgan fingerprint density at radius 2 is 1.82 bits per heavy atom. The van der Waals surface area contributed by atoms with E-state index in [2.05, 4.69) is 42.9 Å². The Balaban J connectivity index is 0.000000307. The molecule has 4 aromatic heterocycles. The molecule has 0 bridgehead atoms. The first-order valence-electron chi connectivity index (χ1n) is 12.8. The van der Waals surface area contributed by atoms with Crippen molar-refractivity contribution in [2.75, 3.05) is 24.7 Å². The van der Waals surface area contributed by atoms with E-state index in [4.69, 9.17) is 0 Å². The highest BCUT2D eigenvalue weighted by atomic mass is 19.3. The van der Waals surface area contributed by atoms with Gasteiger partial charge in [0.25, 0.3) is 6.43 Å². The lowest BCUT2D eigenvalue weighted by atomic mass is 9.78. The molecule has 1 aliphatic rings. The van der Waals surface area contributed by atoms with Gasteiger partial charge in [0, 0.05) is 38.3 Å². The fraction of sp³-hybridized carbons (Fsp3) is 0.500. The van der Waals surface area contributed by atoms with Gasteiger partial charge in [-0.25, -0.2) is 23.3 Å². The molecule has 38 heavy (non-hydrogen) atoms. The van der Waals surface area contributed by atoms with Crippen molar-refractivity contribution in [3.8, 4) is 11.3 Å². The first kappa shape index (κ1) is 28.7. The second-order valence-electron chi connectivity index (χ2n) is 9.10. The van der Waals surface area contributed by atoms with E-state index in [9.17, 15) is 13.6 Å². The summed E-state index contributed by atoms with van der Waals surface area (Å²) in [5, 5.41) is 13.3. The number of imidazole rings is 1. The molecule has 0 aliphatic heterocycles. The molecule has 206 valence electrons. The number of carbonyl (C=O) groups is 1. The van der Waals surface area contributed by atoms with Gasteiger partial charge in [-0.15, -0.1) is 5.10 Å². The van der Waals surface area contributed by atoms with Gasteiger partial charge in [0.2, 0.25) is 11.9 Å². The molecule has 12 heteroatoms. The summed E-state index contributed by atoms with van der Waals surface area (Å²) in [6, 6.07) is 5.49. The number of rotatable bonds is 6. The number of amides is 1. The number of alkyl halides is 2. The third-order valence-corrected chi connectivity index (χ3v) is 6.29. The Bertz CT molecular complexity index is 1390. The van der Waals surface area contributed by atoms with Crippen LogP contribution in [0, 0.1) is 6.92 Å². The summed E-state index contributed by atoms with van der Waals surface area (Å²) < 4.78 is 29.0. The summed E-state index contributed by atoms with van der Waals surface area (Å²) in [4.78, 5) is 23.9. The Labute approximate surface area is 221 Å². The minimum atomic E-state index is -2.48. The van der Waals surface area contributed by atoms with Crippen molar-refractivity contribution in [1.29, 1.82) is 0 Å². The molecule has 0 atom stereocenters. The van der Waals surface area contributed by atoms with Gasteiger partial charge in [0.15, 0.2) is 11.5 Å². The van der Waals surface area contributed by atoms with Crippen LogP contribution < -0.4 is 16.0 Å². The molecular formula is C26H37F2N9O. The van der Waals surface area contributed by atoms with E-state index in [1.54, 1.807) is 38.5 Å². The van der Waals surface area contributed by atoms with Crippen molar-refractivity contribution in [3.63, 3.8) is 0 Å². The number of hydrogen-bond acceptors (Lipinski definition) is 7. The van der Waals surface area contributed by atoms with Crippen LogP contribution in [0.25, 0.3) is 27.9 Å². The lowest BCUT2D eigenvalue weighted by molar-refractivity contribution is -0.121. The Hall–Kier alpha value is -3.83. The summed E-state index contributed by atoms with van der Waals surface area (Å²) in [6.07, 6.45) is 2.88. The van der Waals surface area contributed by atoms with E-state index in [-0.39, 0.29) is 11.4 Å². The fourth-order valence-electron chi connectivity index (χ4n) is 4.39. The lowest BCUT2D eigenvalue weighted by Crippen LogP contribution is -2.50.